The van der Waals surface area contributed by atoms with Gasteiger partial charge in [0, 0.05) is 0 Å². The molecule has 0 spiro atoms. The maximum Gasteiger partial charge on any atom is 1.00 e. The normalized spacial score (nSPS) is 8.57. The van der Waals surface area contributed by atoms with Gasteiger partial charge in [-0.15, -0.1) is 0 Å². The van der Waals surface area contributed by atoms with E-state index in [4.69, 9.17) is 19.2 Å². The SMILES string of the molecule is O[Si](O)(O)O.[Na+].[OH-]. The number of hydrogen-bond acceptors (Lipinski definition) is 5. The zero-order valence-electron chi connectivity index (χ0n) is 3.74. The Hall–Kier alpha value is 1.02. The molecule has 0 unspecified atom stereocenters. The third kappa shape index (κ3) is 171. The average Bonchev–Trinajstić information content (AvgIpc) is 0.722. The second-order valence-corrected chi connectivity index (χ2v) is 1.80. The molecule has 7 heteroatoms. The quantitative estimate of drug-likeness (QED) is 0.248. The van der Waals surface area contributed by atoms with E-state index in [2.05, 4.69) is 0 Å². The molecule has 5 nitrogen and oxygen atoms in total. The van der Waals surface area contributed by atoms with Gasteiger partial charge >= 0.3 is 38.6 Å². The summed E-state index contributed by atoms with van der Waals surface area (Å²) in [7, 11) is -4.61. The molecule has 0 bridgehead atoms. The Bertz CT molecular complexity index is 23.6. The molecule has 0 aliphatic carbocycles. The maximum atomic E-state index is 7.33. The van der Waals surface area contributed by atoms with Gasteiger partial charge in [0.25, 0.3) is 0 Å². The van der Waals surface area contributed by atoms with Crippen molar-refractivity contribution >= 4 is 9.05 Å². The van der Waals surface area contributed by atoms with E-state index in [0.29, 0.717) is 0 Å². The molecule has 0 aromatic rings. The Kier molecular flexibility index (Phi) is 11.6. The molecule has 0 fully saturated rings. The summed E-state index contributed by atoms with van der Waals surface area (Å²) in [6.45, 7) is 0. The molecule has 0 atom stereocenters. The van der Waals surface area contributed by atoms with Gasteiger partial charge in [0.1, 0.15) is 0 Å². The van der Waals surface area contributed by atoms with E-state index in [1.165, 1.54) is 0 Å². The van der Waals surface area contributed by atoms with Gasteiger partial charge in [-0.1, -0.05) is 0 Å². The summed E-state index contributed by atoms with van der Waals surface area (Å²) in [4.78, 5) is 29.3. The molecule has 40 valence electrons. The molecule has 0 heterocycles. The summed E-state index contributed by atoms with van der Waals surface area (Å²) in [5, 5.41) is 0. The van der Waals surface area contributed by atoms with Crippen molar-refractivity contribution in [1.82, 2.24) is 0 Å². The first-order valence-electron chi connectivity index (χ1n) is 0.894. The fourth-order valence-corrected chi connectivity index (χ4v) is 0. The van der Waals surface area contributed by atoms with Crippen LogP contribution < -0.4 is 29.6 Å². The predicted molar refractivity (Wildman–Crippen MR) is 16.6 cm³/mol. The first kappa shape index (κ1) is 15.7. The summed E-state index contributed by atoms with van der Waals surface area (Å²) in [5.74, 6) is 0. The van der Waals surface area contributed by atoms with Gasteiger partial charge in [0.15, 0.2) is 0 Å². The molecule has 7 heavy (non-hydrogen) atoms. The summed E-state index contributed by atoms with van der Waals surface area (Å²) in [5.41, 5.74) is 0. The Labute approximate surface area is 63.3 Å². The van der Waals surface area contributed by atoms with Gasteiger partial charge in [-0.25, -0.2) is 0 Å². The minimum atomic E-state index is -4.61. The Morgan fingerprint density at radius 1 is 0.857 bits per heavy atom. The van der Waals surface area contributed by atoms with Gasteiger partial charge in [-0.2, -0.15) is 0 Å². The van der Waals surface area contributed by atoms with E-state index in [1.807, 2.05) is 0 Å². The molecular weight excluding hydrogens is 131 g/mol. The molecule has 0 aliphatic heterocycles. The second kappa shape index (κ2) is 5.16. The van der Waals surface area contributed by atoms with Crippen molar-refractivity contribution in [1.29, 1.82) is 0 Å². The predicted octanol–water partition coefficient (Wildman–Crippen LogP) is -5.78. The van der Waals surface area contributed by atoms with E-state index in [9.17, 15) is 0 Å². The van der Waals surface area contributed by atoms with E-state index in [-0.39, 0.29) is 35.0 Å². The maximum absolute atomic E-state index is 7.33. The second-order valence-electron chi connectivity index (χ2n) is 0.600. The molecule has 5 N–H and O–H groups in total. The van der Waals surface area contributed by atoms with Crippen molar-refractivity contribution < 1.29 is 54.2 Å². The van der Waals surface area contributed by atoms with Gasteiger partial charge < -0.3 is 24.7 Å². The molecular formula is H5NaO5Si. The van der Waals surface area contributed by atoms with Crippen LogP contribution in [0.2, 0.25) is 0 Å². The standard InChI is InChI=1S/Na.H4O4Si.H2O/c;1-5(2,3)4;/h;1-4H;1H2/q+1;;/p-1. The first-order valence-corrected chi connectivity index (χ1v) is 2.68. The van der Waals surface area contributed by atoms with Crippen LogP contribution in [0.3, 0.4) is 0 Å². The summed E-state index contributed by atoms with van der Waals surface area (Å²) >= 11 is 0. The van der Waals surface area contributed by atoms with E-state index in [1.54, 1.807) is 0 Å². The minimum absolute atomic E-state index is 0. The Balaban J connectivity index is -0.0000000800. The molecule has 0 saturated heterocycles. The van der Waals surface area contributed by atoms with Crippen LogP contribution in [0.5, 0.6) is 0 Å². The molecule has 0 saturated carbocycles. The van der Waals surface area contributed by atoms with Crippen LogP contribution in [0.25, 0.3) is 0 Å². The summed E-state index contributed by atoms with van der Waals surface area (Å²) in [6.07, 6.45) is 0. The fourth-order valence-electron chi connectivity index (χ4n) is 0. The number of hydrogen-bond donors (Lipinski definition) is 4. The Morgan fingerprint density at radius 2 is 0.857 bits per heavy atom. The molecule has 0 rings (SSSR count). The molecule has 0 aromatic heterocycles. The molecule has 0 radical (unpaired) electrons. The van der Waals surface area contributed by atoms with Gasteiger partial charge in [-0.3, -0.25) is 0 Å². The topological polar surface area (TPSA) is 111 Å². The van der Waals surface area contributed by atoms with Crippen LogP contribution >= 0.6 is 0 Å². The van der Waals surface area contributed by atoms with Crippen molar-refractivity contribution in [3.05, 3.63) is 0 Å². The summed E-state index contributed by atoms with van der Waals surface area (Å²) in [6, 6.07) is 0. The zero-order valence-corrected chi connectivity index (χ0v) is 6.74. The van der Waals surface area contributed by atoms with Gasteiger partial charge in [0.2, 0.25) is 0 Å². The van der Waals surface area contributed by atoms with Crippen LogP contribution in [-0.2, 0) is 0 Å². The summed E-state index contributed by atoms with van der Waals surface area (Å²) < 4.78 is 0. The van der Waals surface area contributed by atoms with Crippen molar-refractivity contribution in [2.45, 2.75) is 0 Å². The third-order valence-electron chi connectivity index (χ3n) is 0. The van der Waals surface area contributed by atoms with Crippen LogP contribution in [-0.4, -0.2) is 33.7 Å². The van der Waals surface area contributed by atoms with Crippen molar-refractivity contribution in [2.75, 3.05) is 0 Å². The van der Waals surface area contributed by atoms with Crippen molar-refractivity contribution in [3.8, 4) is 0 Å². The number of rotatable bonds is 0. The van der Waals surface area contributed by atoms with Gasteiger partial charge in [-0.05, 0) is 0 Å². The van der Waals surface area contributed by atoms with Crippen LogP contribution in [0, 0.1) is 0 Å². The van der Waals surface area contributed by atoms with E-state index >= 15 is 0 Å². The van der Waals surface area contributed by atoms with Crippen molar-refractivity contribution in [3.63, 3.8) is 0 Å². The average molecular weight is 136 g/mol. The fraction of sp³-hybridized carbons (Fsp3) is 0. The minimum Gasteiger partial charge on any atom is -0.870 e. The van der Waals surface area contributed by atoms with Crippen LogP contribution in [0.1, 0.15) is 0 Å². The van der Waals surface area contributed by atoms with E-state index < -0.39 is 9.05 Å². The van der Waals surface area contributed by atoms with E-state index in [0.717, 1.165) is 0 Å². The monoisotopic (exact) mass is 136 g/mol. The molecule has 0 aliphatic rings. The largest absolute Gasteiger partial charge is 1.00 e. The molecule has 0 aromatic carbocycles. The molecule has 0 amide bonds. The van der Waals surface area contributed by atoms with Crippen LogP contribution in [0.15, 0.2) is 0 Å². The zero-order chi connectivity index (χ0) is 4.50. The third-order valence-corrected chi connectivity index (χ3v) is 0. The Morgan fingerprint density at radius 3 is 0.857 bits per heavy atom. The van der Waals surface area contributed by atoms with Crippen molar-refractivity contribution in [2.24, 2.45) is 0 Å². The van der Waals surface area contributed by atoms with Crippen LogP contribution in [0.4, 0.5) is 0 Å². The van der Waals surface area contributed by atoms with Gasteiger partial charge in [0.05, 0.1) is 0 Å². The first-order chi connectivity index (χ1) is 2.00. The smallest absolute Gasteiger partial charge is 0.870 e.